The molecule has 3 aliphatic rings. The highest BCUT2D eigenvalue weighted by molar-refractivity contribution is 6.14. The summed E-state index contributed by atoms with van der Waals surface area (Å²) in [4.78, 5) is 26.3. The molecule has 1 fully saturated rings. The van der Waals surface area contributed by atoms with Gasteiger partial charge in [-0.25, -0.2) is 0 Å². The van der Waals surface area contributed by atoms with E-state index in [-0.39, 0.29) is 35.6 Å². The fourth-order valence-corrected chi connectivity index (χ4v) is 4.70. The third kappa shape index (κ3) is 3.37. The van der Waals surface area contributed by atoms with Crippen LogP contribution in [0.25, 0.3) is 11.1 Å². The minimum Gasteiger partial charge on any atom is -0.481 e. The lowest BCUT2D eigenvalue weighted by Gasteiger charge is -2.35. The molecule has 0 radical (unpaired) electrons. The molecular formula is C22H23F2N3O4. The van der Waals surface area contributed by atoms with Crippen LogP contribution < -0.4 is 15.0 Å². The Labute approximate surface area is 177 Å². The number of fused-ring (bicyclic) bond motifs is 2. The second-order valence-electron chi connectivity index (χ2n) is 8.38. The standard InChI is InChI=1S/C22H23F2N3O4/c1-11-17-8-12(9-26(17)7-6-25-11)14-4-5-15-18(20(14)31-22(23)24)27(13-2-3-13)10-16(19(15)28)21(29)30/h4-5,8-9,11,13,16,22,25H,2-3,6-7,10H2,1H3,(H,29,30)/t11-,16?/m0/s1. The fourth-order valence-electron chi connectivity index (χ4n) is 4.70. The Hall–Kier alpha value is -2.94. The number of anilines is 1. The number of hydrogen-bond acceptors (Lipinski definition) is 5. The number of benzene rings is 1. The Morgan fingerprint density at radius 3 is 2.68 bits per heavy atom. The van der Waals surface area contributed by atoms with Crippen LogP contribution in [0.15, 0.2) is 24.4 Å². The molecule has 9 heteroatoms. The Morgan fingerprint density at radius 1 is 1.29 bits per heavy atom. The van der Waals surface area contributed by atoms with Crippen molar-refractivity contribution < 1.29 is 28.2 Å². The fraction of sp³-hybridized carbons (Fsp3) is 0.455. The van der Waals surface area contributed by atoms with E-state index < -0.39 is 24.3 Å². The predicted octanol–water partition coefficient (Wildman–Crippen LogP) is 3.29. The number of aromatic nitrogens is 1. The average molecular weight is 431 g/mol. The van der Waals surface area contributed by atoms with Gasteiger partial charge in [0.25, 0.3) is 0 Å². The van der Waals surface area contributed by atoms with Crippen LogP contribution in [0.1, 0.15) is 41.9 Å². The number of hydrogen-bond donors (Lipinski definition) is 2. The highest BCUT2D eigenvalue weighted by atomic mass is 19.3. The minimum absolute atomic E-state index is 0.0236. The van der Waals surface area contributed by atoms with Crippen molar-refractivity contribution in [1.29, 1.82) is 0 Å². The van der Waals surface area contributed by atoms with E-state index in [0.29, 0.717) is 5.56 Å². The Morgan fingerprint density at radius 2 is 2.03 bits per heavy atom. The Kier molecular flexibility index (Phi) is 4.73. The van der Waals surface area contributed by atoms with Gasteiger partial charge in [0.15, 0.2) is 11.5 Å². The molecule has 3 heterocycles. The second kappa shape index (κ2) is 7.33. The molecule has 2 aliphatic heterocycles. The lowest BCUT2D eigenvalue weighted by Crippen LogP contribution is -2.44. The van der Waals surface area contributed by atoms with E-state index in [1.54, 1.807) is 17.0 Å². The number of Topliss-reactive ketones (excluding diaryl/α,β-unsaturated/α-hetero) is 1. The first-order chi connectivity index (χ1) is 14.8. The van der Waals surface area contributed by atoms with Crippen molar-refractivity contribution in [2.75, 3.05) is 18.0 Å². The molecule has 5 rings (SSSR count). The number of carbonyl (C=O) groups excluding carboxylic acids is 1. The molecule has 31 heavy (non-hydrogen) atoms. The number of aliphatic carboxylic acids is 1. The van der Waals surface area contributed by atoms with Gasteiger partial charge in [-0.15, -0.1) is 0 Å². The molecule has 2 aromatic rings. The molecule has 7 nitrogen and oxygen atoms in total. The first kappa shape index (κ1) is 20.0. The molecule has 1 unspecified atom stereocenters. The summed E-state index contributed by atoms with van der Waals surface area (Å²) in [5.41, 5.74) is 2.66. The highest BCUT2D eigenvalue weighted by Gasteiger charge is 2.44. The van der Waals surface area contributed by atoms with Gasteiger partial charge in [0.1, 0.15) is 5.92 Å². The number of alkyl halides is 2. The molecule has 1 aliphatic carbocycles. The van der Waals surface area contributed by atoms with Crippen LogP contribution in [-0.4, -0.2) is 47.2 Å². The largest absolute Gasteiger partial charge is 0.481 e. The SMILES string of the molecule is C[C@@H]1NCCn2cc(-c3ccc4c(c3OC(F)F)N(C3CC3)CC(C(=O)O)C4=O)cc21. The summed E-state index contributed by atoms with van der Waals surface area (Å²) in [6.07, 6.45) is 3.56. The van der Waals surface area contributed by atoms with E-state index in [9.17, 15) is 23.5 Å². The maximum absolute atomic E-state index is 13.5. The third-order valence-electron chi connectivity index (χ3n) is 6.36. The molecule has 1 saturated carbocycles. The summed E-state index contributed by atoms with van der Waals surface area (Å²) in [6, 6.07) is 5.23. The number of nitrogens with zero attached hydrogens (tertiary/aromatic N) is 2. The first-order valence-corrected chi connectivity index (χ1v) is 10.4. The maximum atomic E-state index is 13.5. The van der Waals surface area contributed by atoms with Crippen LogP contribution in [-0.2, 0) is 11.3 Å². The summed E-state index contributed by atoms with van der Waals surface area (Å²) in [7, 11) is 0. The summed E-state index contributed by atoms with van der Waals surface area (Å²) >= 11 is 0. The number of ether oxygens (including phenoxy) is 1. The third-order valence-corrected chi connectivity index (χ3v) is 6.36. The van der Waals surface area contributed by atoms with Crippen LogP contribution in [0.3, 0.4) is 0 Å². The molecule has 0 spiro atoms. The van der Waals surface area contributed by atoms with Gasteiger partial charge in [0.2, 0.25) is 0 Å². The highest BCUT2D eigenvalue weighted by Crippen LogP contribution is 2.49. The Balaban J connectivity index is 1.69. The van der Waals surface area contributed by atoms with Crippen molar-refractivity contribution in [3.63, 3.8) is 0 Å². The molecule has 0 bridgehead atoms. The molecule has 0 saturated heterocycles. The van der Waals surface area contributed by atoms with Crippen LogP contribution in [0.4, 0.5) is 14.5 Å². The number of rotatable bonds is 5. The summed E-state index contributed by atoms with van der Waals surface area (Å²) in [5, 5.41) is 12.9. The van der Waals surface area contributed by atoms with E-state index in [4.69, 9.17) is 4.74 Å². The van der Waals surface area contributed by atoms with E-state index in [0.717, 1.165) is 37.2 Å². The monoisotopic (exact) mass is 431 g/mol. The Bertz CT molecular complexity index is 1060. The number of nitrogens with one attached hydrogen (secondary N) is 1. The molecule has 1 aromatic heterocycles. The number of ketones is 1. The number of carboxylic acid groups (broad SMARTS) is 1. The van der Waals surface area contributed by atoms with Crippen molar-refractivity contribution in [3.05, 3.63) is 35.7 Å². The van der Waals surface area contributed by atoms with Gasteiger partial charge >= 0.3 is 12.6 Å². The van der Waals surface area contributed by atoms with Gasteiger partial charge in [-0.3, -0.25) is 9.59 Å². The lowest BCUT2D eigenvalue weighted by atomic mass is 9.88. The van der Waals surface area contributed by atoms with Gasteiger partial charge in [0, 0.05) is 60.3 Å². The molecule has 164 valence electrons. The van der Waals surface area contributed by atoms with E-state index in [1.807, 2.05) is 19.2 Å². The topological polar surface area (TPSA) is 83.8 Å². The van der Waals surface area contributed by atoms with Crippen molar-refractivity contribution in [2.45, 2.75) is 45.0 Å². The van der Waals surface area contributed by atoms with Gasteiger partial charge in [0.05, 0.1) is 5.69 Å². The summed E-state index contributed by atoms with van der Waals surface area (Å²) < 4.78 is 34.1. The van der Waals surface area contributed by atoms with Crippen LogP contribution >= 0.6 is 0 Å². The zero-order chi connectivity index (χ0) is 21.9. The summed E-state index contributed by atoms with van der Waals surface area (Å²) in [5.74, 6) is -3.05. The van der Waals surface area contributed by atoms with Crippen LogP contribution in [0.2, 0.25) is 0 Å². The quantitative estimate of drug-likeness (QED) is 0.707. The number of carbonyl (C=O) groups is 2. The zero-order valence-electron chi connectivity index (χ0n) is 17.0. The van der Waals surface area contributed by atoms with Crippen LogP contribution in [0.5, 0.6) is 5.75 Å². The predicted molar refractivity (Wildman–Crippen MR) is 109 cm³/mol. The van der Waals surface area contributed by atoms with Crippen molar-refractivity contribution in [1.82, 2.24) is 9.88 Å². The smallest absolute Gasteiger partial charge is 0.387 e. The lowest BCUT2D eigenvalue weighted by molar-refractivity contribution is -0.139. The van der Waals surface area contributed by atoms with E-state index in [2.05, 4.69) is 9.88 Å². The number of carboxylic acids is 1. The average Bonchev–Trinajstić information content (AvgIpc) is 3.46. The zero-order valence-corrected chi connectivity index (χ0v) is 17.0. The number of halogens is 2. The molecule has 2 atom stereocenters. The van der Waals surface area contributed by atoms with E-state index in [1.165, 1.54) is 0 Å². The van der Waals surface area contributed by atoms with E-state index >= 15 is 0 Å². The van der Waals surface area contributed by atoms with Gasteiger partial charge < -0.3 is 24.6 Å². The van der Waals surface area contributed by atoms with Crippen LogP contribution in [0, 0.1) is 5.92 Å². The second-order valence-corrected chi connectivity index (χ2v) is 8.38. The van der Waals surface area contributed by atoms with Gasteiger partial charge in [-0.1, -0.05) is 0 Å². The first-order valence-electron chi connectivity index (χ1n) is 10.4. The molecule has 1 aromatic carbocycles. The molecule has 0 amide bonds. The van der Waals surface area contributed by atoms with Crippen molar-refractivity contribution >= 4 is 17.4 Å². The molecular weight excluding hydrogens is 408 g/mol. The molecule has 2 N–H and O–H groups in total. The minimum atomic E-state index is -3.07. The van der Waals surface area contributed by atoms with Crippen molar-refractivity contribution in [3.8, 4) is 16.9 Å². The normalized spacial score (nSPS) is 23.0. The maximum Gasteiger partial charge on any atom is 0.387 e. The van der Waals surface area contributed by atoms with Gasteiger partial charge in [-0.05, 0) is 38.0 Å². The summed E-state index contributed by atoms with van der Waals surface area (Å²) in [6.45, 7) is 0.506. The van der Waals surface area contributed by atoms with Gasteiger partial charge in [-0.2, -0.15) is 8.78 Å². The van der Waals surface area contributed by atoms with Crippen molar-refractivity contribution in [2.24, 2.45) is 5.92 Å².